The molecule has 1 aromatic carbocycles. The number of carbonyl (C=O) groups excluding carboxylic acids is 3. The highest BCUT2D eigenvalue weighted by Gasteiger charge is 2.50. The molecule has 10 heteroatoms. The number of halogens is 1. The summed E-state index contributed by atoms with van der Waals surface area (Å²) in [5, 5.41) is 0.0595. The van der Waals surface area contributed by atoms with Gasteiger partial charge in [0, 0.05) is 18.7 Å². The summed E-state index contributed by atoms with van der Waals surface area (Å²) in [6.45, 7) is 5.81. The molecule has 0 radical (unpaired) electrons. The van der Waals surface area contributed by atoms with Gasteiger partial charge in [-0.1, -0.05) is 11.6 Å². The van der Waals surface area contributed by atoms with E-state index in [0.29, 0.717) is 23.7 Å². The zero-order chi connectivity index (χ0) is 22.3. The van der Waals surface area contributed by atoms with Gasteiger partial charge in [0.2, 0.25) is 15.9 Å². The smallest absolute Gasteiger partial charge is 0.310 e. The number of anilines is 1. The van der Waals surface area contributed by atoms with Crippen molar-refractivity contribution in [2.24, 2.45) is 11.3 Å². The number of hydrogen-bond donors (Lipinski definition) is 0. The summed E-state index contributed by atoms with van der Waals surface area (Å²) in [5.74, 6) is -2.00. The molecule has 0 aliphatic carbocycles. The Bertz CT molecular complexity index is 991. The molecule has 30 heavy (non-hydrogen) atoms. The first-order chi connectivity index (χ1) is 14.0. The van der Waals surface area contributed by atoms with E-state index >= 15 is 0 Å². The van der Waals surface area contributed by atoms with Gasteiger partial charge in [-0.15, -0.1) is 0 Å². The lowest BCUT2D eigenvalue weighted by atomic mass is 9.95. The van der Waals surface area contributed by atoms with Crippen LogP contribution in [0.25, 0.3) is 0 Å². The van der Waals surface area contributed by atoms with E-state index in [0.717, 1.165) is 0 Å². The van der Waals surface area contributed by atoms with Crippen molar-refractivity contribution in [1.29, 1.82) is 0 Å². The number of amides is 2. The fourth-order valence-electron chi connectivity index (χ4n) is 3.84. The first-order valence-corrected chi connectivity index (χ1v) is 11.8. The third-order valence-electron chi connectivity index (χ3n) is 5.33. The molecule has 2 saturated heterocycles. The Morgan fingerprint density at radius 3 is 2.60 bits per heavy atom. The van der Waals surface area contributed by atoms with Crippen LogP contribution in [0.4, 0.5) is 5.69 Å². The summed E-state index contributed by atoms with van der Waals surface area (Å²) >= 11 is 6.21. The molecule has 2 fully saturated rings. The molecule has 2 amide bonds. The van der Waals surface area contributed by atoms with Gasteiger partial charge in [-0.05, 0) is 51.8 Å². The molecular weight excluding hydrogens is 432 g/mol. The van der Waals surface area contributed by atoms with Crippen molar-refractivity contribution in [3.8, 4) is 0 Å². The molecule has 2 aliphatic rings. The van der Waals surface area contributed by atoms with Crippen molar-refractivity contribution >= 4 is 45.1 Å². The van der Waals surface area contributed by atoms with Gasteiger partial charge in [-0.3, -0.25) is 14.4 Å². The van der Waals surface area contributed by atoms with Crippen molar-refractivity contribution < 1.29 is 27.5 Å². The van der Waals surface area contributed by atoms with Gasteiger partial charge in [0.25, 0.3) is 5.91 Å². The molecule has 1 aromatic rings. The molecule has 2 heterocycles. The highest BCUT2D eigenvalue weighted by Crippen LogP contribution is 2.39. The number of rotatable bonds is 4. The van der Waals surface area contributed by atoms with Gasteiger partial charge in [0.1, 0.15) is 0 Å². The van der Waals surface area contributed by atoms with Gasteiger partial charge < -0.3 is 9.64 Å². The average Bonchev–Trinajstić information content (AvgIpc) is 2.84. The van der Waals surface area contributed by atoms with E-state index in [2.05, 4.69) is 0 Å². The lowest BCUT2D eigenvalue weighted by molar-refractivity contribution is -0.149. The van der Waals surface area contributed by atoms with Gasteiger partial charge in [0.05, 0.1) is 34.4 Å². The van der Waals surface area contributed by atoms with E-state index in [1.807, 2.05) is 0 Å². The first kappa shape index (κ1) is 22.6. The van der Waals surface area contributed by atoms with Gasteiger partial charge in [-0.2, -0.15) is 0 Å². The predicted molar refractivity (Wildman–Crippen MR) is 112 cm³/mol. The predicted octanol–water partition coefficient (Wildman–Crippen LogP) is 2.46. The fourth-order valence-corrected chi connectivity index (χ4v) is 6.21. The largest absolute Gasteiger partial charge is 0.466 e. The minimum atomic E-state index is -3.90. The van der Waals surface area contributed by atoms with E-state index in [1.165, 1.54) is 18.2 Å². The zero-order valence-corrected chi connectivity index (χ0v) is 18.8. The zero-order valence-electron chi connectivity index (χ0n) is 17.2. The van der Waals surface area contributed by atoms with E-state index in [9.17, 15) is 22.8 Å². The molecular formula is C20H25ClN2O6S. The summed E-state index contributed by atoms with van der Waals surface area (Å²) in [4.78, 5) is 39.4. The minimum absolute atomic E-state index is 0.0305. The van der Waals surface area contributed by atoms with Crippen LogP contribution in [0.3, 0.4) is 0 Å². The molecule has 1 unspecified atom stereocenters. The monoisotopic (exact) mass is 456 g/mol. The highest BCUT2D eigenvalue weighted by atomic mass is 35.5. The second kappa shape index (κ2) is 8.19. The van der Waals surface area contributed by atoms with Crippen LogP contribution in [0, 0.1) is 11.3 Å². The Labute approximate surface area is 181 Å². The van der Waals surface area contributed by atoms with Gasteiger partial charge in [-0.25, -0.2) is 12.7 Å². The van der Waals surface area contributed by atoms with Crippen LogP contribution in [0.1, 0.15) is 44.0 Å². The van der Waals surface area contributed by atoms with Gasteiger partial charge >= 0.3 is 5.97 Å². The van der Waals surface area contributed by atoms with Crippen molar-refractivity contribution in [2.45, 2.75) is 33.6 Å². The van der Waals surface area contributed by atoms with Crippen molar-refractivity contribution in [3.63, 3.8) is 0 Å². The molecule has 164 valence electrons. The van der Waals surface area contributed by atoms with Crippen LogP contribution in [0.5, 0.6) is 0 Å². The summed E-state index contributed by atoms with van der Waals surface area (Å²) < 4.78 is 31.0. The normalized spacial score (nSPS) is 22.8. The van der Waals surface area contributed by atoms with Crippen molar-refractivity contribution in [3.05, 3.63) is 28.8 Å². The second-order valence-corrected chi connectivity index (χ2v) is 10.4. The molecule has 0 saturated carbocycles. The Kier molecular flexibility index (Phi) is 6.15. The lowest BCUT2D eigenvalue weighted by Crippen LogP contribution is -2.43. The van der Waals surface area contributed by atoms with E-state index in [4.69, 9.17) is 16.3 Å². The SMILES string of the molecule is CCOC(=O)C1CCCN(C(=O)c2ccc(Cl)c(N3C(=O)C(C)(C)CS3(=O)=O)c2)C1. The molecule has 3 rings (SSSR count). The minimum Gasteiger partial charge on any atom is -0.466 e. The summed E-state index contributed by atoms with van der Waals surface area (Å²) in [6.07, 6.45) is 1.30. The molecule has 0 N–H and O–H groups in total. The second-order valence-electron chi connectivity index (χ2n) is 8.22. The number of piperidine rings is 1. The lowest BCUT2D eigenvalue weighted by Gasteiger charge is -2.31. The van der Waals surface area contributed by atoms with Crippen LogP contribution in [-0.2, 0) is 24.3 Å². The van der Waals surface area contributed by atoms with Crippen LogP contribution in [0.2, 0.25) is 5.02 Å². The van der Waals surface area contributed by atoms with Crippen LogP contribution in [-0.4, -0.2) is 56.6 Å². The first-order valence-electron chi connectivity index (χ1n) is 9.81. The topological polar surface area (TPSA) is 101 Å². The van der Waals surface area contributed by atoms with Gasteiger partial charge in [0.15, 0.2) is 0 Å². The van der Waals surface area contributed by atoms with Crippen molar-refractivity contribution in [1.82, 2.24) is 4.90 Å². The van der Waals surface area contributed by atoms with Crippen LogP contribution < -0.4 is 4.31 Å². The standard InChI is InChI=1S/C20H25ClN2O6S/c1-4-29-18(25)14-6-5-9-22(11-14)17(24)13-7-8-15(21)16(10-13)23-19(26)20(2,3)12-30(23,27)28/h7-8,10,14H,4-6,9,11-12H2,1-3H3. The Balaban J connectivity index is 1.89. The Hall–Kier alpha value is -2.13. The van der Waals surface area contributed by atoms with E-state index in [-0.39, 0.29) is 47.1 Å². The third-order valence-corrected chi connectivity index (χ3v) is 7.65. The Morgan fingerprint density at radius 2 is 2.00 bits per heavy atom. The number of hydrogen-bond acceptors (Lipinski definition) is 6. The van der Waals surface area contributed by atoms with Crippen molar-refractivity contribution in [2.75, 3.05) is 29.8 Å². The number of carbonyl (C=O) groups is 3. The number of esters is 1. The number of sulfonamides is 1. The van der Waals surface area contributed by atoms with Crippen LogP contribution in [0.15, 0.2) is 18.2 Å². The van der Waals surface area contributed by atoms with E-state index in [1.54, 1.807) is 25.7 Å². The number of ether oxygens (including phenoxy) is 1. The molecule has 2 aliphatic heterocycles. The van der Waals surface area contributed by atoms with E-state index < -0.39 is 27.3 Å². The molecule has 1 atom stereocenters. The highest BCUT2D eigenvalue weighted by molar-refractivity contribution is 7.94. The number of nitrogens with zero attached hydrogens (tertiary/aromatic N) is 2. The average molecular weight is 457 g/mol. The number of benzene rings is 1. The summed E-state index contributed by atoms with van der Waals surface area (Å²) in [6, 6.07) is 4.22. The maximum absolute atomic E-state index is 13.1. The third kappa shape index (κ3) is 4.18. The molecule has 0 spiro atoms. The molecule has 8 nitrogen and oxygen atoms in total. The quantitative estimate of drug-likeness (QED) is 0.645. The summed E-state index contributed by atoms with van der Waals surface area (Å²) in [5.41, 5.74) is -0.911. The maximum Gasteiger partial charge on any atom is 0.310 e. The molecule has 0 bridgehead atoms. The Morgan fingerprint density at radius 1 is 1.30 bits per heavy atom. The molecule has 0 aromatic heterocycles. The number of likely N-dealkylation sites (tertiary alicyclic amines) is 1. The summed E-state index contributed by atoms with van der Waals surface area (Å²) in [7, 11) is -3.90. The fraction of sp³-hybridized carbons (Fsp3) is 0.550. The maximum atomic E-state index is 13.1. The van der Waals surface area contributed by atoms with Crippen LogP contribution >= 0.6 is 11.6 Å².